The Labute approximate surface area is 168 Å². The number of Topliss-reactive ketones (excluding diaryl/α,β-unsaturated/α-hetero) is 2. The lowest BCUT2D eigenvalue weighted by atomic mass is 9.89. The fraction of sp³-hybridized carbons (Fsp3) is 0.500. The maximum absolute atomic E-state index is 12.9. The average molecular weight is 398 g/mol. The minimum atomic E-state index is -0.314. The second kappa shape index (κ2) is 7.63. The van der Waals surface area contributed by atoms with Gasteiger partial charge < -0.3 is 9.84 Å². The molecule has 2 aromatic rings. The number of aryl methyl sites for hydroxylation is 2. The lowest BCUT2D eigenvalue weighted by Gasteiger charge is -2.22. The van der Waals surface area contributed by atoms with Crippen molar-refractivity contribution in [3.8, 4) is 0 Å². The zero-order chi connectivity index (χ0) is 20.7. The van der Waals surface area contributed by atoms with Crippen molar-refractivity contribution in [1.29, 1.82) is 0 Å². The van der Waals surface area contributed by atoms with Gasteiger partial charge in [-0.15, -0.1) is 0 Å². The van der Waals surface area contributed by atoms with Gasteiger partial charge in [-0.05, 0) is 49.8 Å². The average Bonchev–Trinajstić information content (AvgIpc) is 2.94. The SMILES string of the molecule is Cc1c(C(O)=C2C(=O)CCCC2=O)ccc2c1n(CC1CCOCC1)c(=O)n2C. The summed E-state index contributed by atoms with van der Waals surface area (Å²) >= 11 is 0. The Balaban J connectivity index is 1.86. The van der Waals surface area contributed by atoms with Crippen LogP contribution in [0.2, 0.25) is 0 Å². The van der Waals surface area contributed by atoms with Crippen molar-refractivity contribution in [2.45, 2.75) is 45.6 Å². The summed E-state index contributed by atoms with van der Waals surface area (Å²) in [5, 5.41) is 10.8. The number of hydrogen-bond donors (Lipinski definition) is 1. The van der Waals surface area contributed by atoms with Crippen molar-refractivity contribution in [2.24, 2.45) is 13.0 Å². The molecule has 0 spiro atoms. The molecule has 0 unspecified atom stereocenters. The molecule has 154 valence electrons. The van der Waals surface area contributed by atoms with Crippen molar-refractivity contribution in [3.63, 3.8) is 0 Å². The molecule has 1 aliphatic heterocycles. The Morgan fingerprint density at radius 2 is 1.79 bits per heavy atom. The molecule has 1 saturated carbocycles. The third-order valence-corrected chi connectivity index (χ3v) is 6.20. The molecule has 0 bridgehead atoms. The third-order valence-electron chi connectivity index (χ3n) is 6.20. The molecule has 0 atom stereocenters. The van der Waals surface area contributed by atoms with Gasteiger partial charge in [0.25, 0.3) is 0 Å². The van der Waals surface area contributed by atoms with E-state index in [4.69, 9.17) is 4.74 Å². The number of aromatic nitrogens is 2. The van der Waals surface area contributed by atoms with Gasteiger partial charge in [-0.3, -0.25) is 18.7 Å². The van der Waals surface area contributed by atoms with Crippen LogP contribution in [0.25, 0.3) is 16.8 Å². The first-order valence-corrected chi connectivity index (χ1v) is 10.2. The molecule has 0 radical (unpaired) electrons. The van der Waals surface area contributed by atoms with Gasteiger partial charge in [0, 0.05) is 45.2 Å². The largest absolute Gasteiger partial charge is 0.506 e. The minimum Gasteiger partial charge on any atom is -0.506 e. The Morgan fingerprint density at radius 1 is 1.14 bits per heavy atom. The molecule has 1 aromatic carbocycles. The number of rotatable bonds is 3. The normalized spacial score (nSPS) is 18.6. The van der Waals surface area contributed by atoms with Crippen LogP contribution >= 0.6 is 0 Å². The van der Waals surface area contributed by atoms with E-state index in [0.717, 1.165) is 23.9 Å². The quantitative estimate of drug-likeness (QED) is 0.488. The molecular formula is C22H26N2O5. The molecule has 2 aliphatic rings. The molecule has 1 N–H and O–H groups in total. The number of nitrogens with zero attached hydrogens (tertiary/aromatic N) is 2. The highest BCUT2D eigenvalue weighted by atomic mass is 16.5. The summed E-state index contributed by atoms with van der Waals surface area (Å²) in [6.07, 6.45) is 2.87. The number of ketones is 2. The highest BCUT2D eigenvalue weighted by molar-refractivity contribution is 6.25. The number of ether oxygens (including phenoxy) is 1. The van der Waals surface area contributed by atoms with Crippen LogP contribution in [-0.4, -0.2) is 39.0 Å². The van der Waals surface area contributed by atoms with Crippen molar-refractivity contribution in [2.75, 3.05) is 13.2 Å². The van der Waals surface area contributed by atoms with Crippen LogP contribution in [-0.2, 0) is 27.9 Å². The number of allylic oxidation sites excluding steroid dienone is 1. The first kappa shape index (κ1) is 19.6. The lowest BCUT2D eigenvalue weighted by Crippen LogP contribution is -2.28. The lowest BCUT2D eigenvalue weighted by molar-refractivity contribution is -0.123. The Morgan fingerprint density at radius 3 is 2.45 bits per heavy atom. The number of fused-ring (bicyclic) bond motifs is 1. The minimum absolute atomic E-state index is 0.104. The summed E-state index contributed by atoms with van der Waals surface area (Å²) < 4.78 is 8.79. The van der Waals surface area contributed by atoms with Gasteiger partial charge in [0.15, 0.2) is 11.6 Å². The smallest absolute Gasteiger partial charge is 0.328 e. The van der Waals surface area contributed by atoms with E-state index in [2.05, 4.69) is 0 Å². The second-order valence-electron chi connectivity index (χ2n) is 8.04. The first-order chi connectivity index (χ1) is 13.9. The number of carbonyl (C=O) groups excluding carboxylic acids is 2. The fourth-order valence-corrected chi connectivity index (χ4v) is 4.50. The number of aliphatic hydroxyl groups is 1. The maximum atomic E-state index is 12.9. The topological polar surface area (TPSA) is 90.5 Å². The Hall–Kier alpha value is -2.67. The number of carbonyl (C=O) groups is 2. The van der Waals surface area contributed by atoms with Crippen molar-refractivity contribution in [1.82, 2.24) is 9.13 Å². The van der Waals surface area contributed by atoms with Gasteiger partial charge in [0.2, 0.25) is 0 Å². The van der Waals surface area contributed by atoms with Gasteiger partial charge >= 0.3 is 5.69 Å². The van der Waals surface area contributed by atoms with Gasteiger partial charge in [-0.2, -0.15) is 0 Å². The third kappa shape index (κ3) is 3.33. The van der Waals surface area contributed by atoms with E-state index >= 15 is 0 Å². The summed E-state index contributed by atoms with van der Waals surface area (Å²) in [5.74, 6) is -0.548. The summed E-state index contributed by atoms with van der Waals surface area (Å²) in [6, 6.07) is 3.46. The molecule has 1 aromatic heterocycles. The van der Waals surface area contributed by atoms with E-state index in [1.165, 1.54) is 0 Å². The van der Waals surface area contributed by atoms with E-state index in [0.29, 0.717) is 43.2 Å². The molecule has 2 fully saturated rings. The van der Waals surface area contributed by atoms with E-state index in [1.807, 2.05) is 6.92 Å². The molecular weight excluding hydrogens is 372 g/mol. The van der Waals surface area contributed by atoms with Crippen LogP contribution in [0, 0.1) is 12.8 Å². The molecule has 7 nitrogen and oxygen atoms in total. The van der Waals surface area contributed by atoms with E-state index < -0.39 is 0 Å². The van der Waals surface area contributed by atoms with Crippen LogP contribution in [0.3, 0.4) is 0 Å². The Bertz CT molecular complexity index is 1060. The molecule has 7 heteroatoms. The van der Waals surface area contributed by atoms with Crippen LogP contribution < -0.4 is 5.69 Å². The van der Waals surface area contributed by atoms with Crippen molar-refractivity contribution in [3.05, 3.63) is 39.3 Å². The van der Waals surface area contributed by atoms with Gasteiger partial charge in [-0.25, -0.2) is 4.79 Å². The predicted molar refractivity (Wildman–Crippen MR) is 109 cm³/mol. The Kier molecular flexibility index (Phi) is 5.17. The second-order valence-corrected chi connectivity index (χ2v) is 8.04. The zero-order valence-corrected chi connectivity index (χ0v) is 16.9. The zero-order valence-electron chi connectivity index (χ0n) is 16.9. The number of hydrogen-bond acceptors (Lipinski definition) is 5. The monoisotopic (exact) mass is 398 g/mol. The maximum Gasteiger partial charge on any atom is 0.328 e. The van der Waals surface area contributed by atoms with Crippen molar-refractivity contribution >= 4 is 28.4 Å². The molecule has 0 amide bonds. The van der Waals surface area contributed by atoms with E-state index in [-0.39, 0.29) is 41.4 Å². The summed E-state index contributed by atoms with van der Waals surface area (Å²) in [7, 11) is 1.73. The molecule has 1 saturated heterocycles. The van der Waals surface area contributed by atoms with Crippen LogP contribution in [0.4, 0.5) is 0 Å². The number of benzene rings is 1. The molecule has 2 heterocycles. The van der Waals surface area contributed by atoms with Crippen molar-refractivity contribution < 1.29 is 19.4 Å². The van der Waals surface area contributed by atoms with E-state index in [9.17, 15) is 19.5 Å². The summed E-state index contributed by atoms with van der Waals surface area (Å²) in [5.41, 5.74) is 2.43. The van der Waals surface area contributed by atoms with Crippen LogP contribution in [0.1, 0.15) is 43.2 Å². The van der Waals surface area contributed by atoms with Gasteiger partial charge in [0.1, 0.15) is 11.3 Å². The molecule has 29 heavy (non-hydrogen) atoms. The fourth-order valence-electron chi connectivity index (χ4n) is 4.50. The summed E-state index contributed by atoms with van der Waals surface area (Å²) in [4.78, 5) is 37.5. The standard InChI is InChI=1S/C22H26N2O5/c1-13-15(21(27)19-17(25)4-3-5-18(19)26)6-7-16-20(13)24(22(28)23(16)2)12-14-8-10-29-11-9-14/h6-7,14,27H,3-5,8-12H2,1-2H3. The first-order valence-electron chi connectivity index (χ1n) is 10.2. The van der Waals surface area contributed by atoms with Gasteiger partial charge in [0.05, 0.1) is 11.0 Å². The van der Waals surface area contributed by atoms with Gasteiger partial charge in [-0.1, -0.05) is 0 Å². The molecule has 1 aliphatic carbocycles. The van der Waals surface area contributed by atoms with Crippen LogP contribution in [0.5, 0.6) is 0 Å². The van der Waals surface area contributed by atoms with Crippen LogP contribution in [0.15, 0.2) is 22.5 Å². The predicted octanol–water partition coefficient (Wildman–Crippen LogP) is 2.67. The summed E-state index contributed by atoms with van der Waals surface area (Å²) in [6.45, 7) is 3.81. The number of aliphatic hydroxyl groups excluding tert-OH is 1. The van der Waals surface area contributed by atoms with E-state index in [1.54, 1.807) is 28.3 Å². The molecule has 4 rings (SSSR count). The number of imidazole rings is 1. The highest BCUT2D eigenvalue weighted by Gasteiger charge is 2.29. The highest BCUT2D eigenvalue weighted by Crippen LogP contribution is 2.30.